The average molecular weight is 341 g/mol. The van der Waals surface area contributed by atoms with Gasteiger partial charge in [-0.3, -0.25) is 4.79 Å². The minimum atomic E-state index is -3.61. The van der Waals surface area contributed by atoms with E-state index in [4.69, 9.17) is 11.6 Å². The highest BCUT2D eigenvalue weighted by molar-refractivity contribution is 7.92. The van der Waals surface area contributed by atoms with Gasteiger partial charge in [-0.05, 0) is 44.3 Å². The monoisotopic (exact) mass is 340 g/mol. The first-order chi connectivity index (χ1) is 8.95. The Kier molecular flexibility index (Phi) is 8.80. The fourth-order valence-electron chi connectivity index (χ4n) is 1.44. The highest BCUT2D eigenvalue weighted by atomic mass is 35.5. The van der Waals surface area contributed by atoms with Gasteiger partial charge in [-0.25, -0.2) is 8.42 Å². The summed E-state index contributed by atoms with van der Waals surface area (Å²) in [5, 5.41) is 5.96. The molecule has 0 saturated carbocycles. The van der Waals surface area contributed by atoms with E-state index >= 15 is 0 Å². The summed E-state index contributed by atoms with van der Waals surface area (Å²) in [6, 6.07) is 5.76. The summed E-state index contributed by atoms with van der Waals surface area (Å²) in [7, 11) is -1.79. The Labute approximate surface area is 130 Å². The van der Waals surface area contributed by atoms with E-state index in [2.05, 4.69) is 10.6 Å². The van der Waals surface area contributed by atoms with Crippen molar-refractivity contribution in [2.75, 3.05) is 25.9 Å². The van der Waals surface area contributed by atoms with E-state index in [1.54, 1.807) is 0 Å². The van der Waals surface area contributed by atoms with Gasteiger partial charge in [0, 0.05) is 11.6 Å². The van der Waals surface area contributed by atoms with Crippen molar-refractivity contribution < 1.29 is 13.2 Å². The maximum Gasteiger partial charge on any atom is 0.235 e. The Morgan fingerprint density at radius 1 is 1.20 bits per heavy atom. The maximum absolute atomic E-state index is 11.9. The first-order valence-electron chi connectivity index (χ1n) is 5.85. The molecule has 0 heterocycles. The zero-order valence-electron chi connectivity index (χ0n) is 11.1. The largest absolute Gasteiger partial charge is 0.355 e. The Balaban J connectivity index is 0.00000361. The predicted molar refractivity (Wildman–Crippen MR) is 82.3 cm³/mol. The summed E-state index contributed by atoms with van der Waals surface area (Å²) in [6.45, 7) is 1.22. The van der Waals surface area contributed by atoms with Crippen LogP contribution in [0.5, 0.6) is 0 Å². The number of rotatable bonds is 7. The molecule has 2 N–H and O–H groups in total. The molecule has 1 rings (SSSR count). The molecule has 1 aromatic rings. The quantitative estimate of drug-likeness (QED) is 0.732. The number of nitrogens with one attached hydrogen (secondary N) is 2. The van der Waals surface area contributed by atoms with Crippen molar-refractivity contribution in [3.05, 3.63) is 29.3 Å². The first kappa shape index (κ1) is 19.2. The molecule has 0 aliphatic heterocycles. The Morgan fingerprint density at radius 2 is 1.80 bits per heavy atom. The molecular formula is C12H18Cl2N2O3S. The zero-order chi connectivity index (χ0) is 14.3. The van der Waals surface area contributed by atoms with E-state index < -0.39 is 21.5 Å². The summed E-state index contributed by atoms with van der Waals surface area (Å²) >= 11 is 5.69. The second-order valence-corrected chi connectivity index (χ2v) is 6.45. The maximum atomic E-state index is 11.9. The van der Waals surface area contributed by atoms with Crippen LogP contribution < -0.4 is 10.6 Å². The number of hydrogen-bond acceptors (Lipinski definition) is 4. The Hall–Kier alpha value is -0.820. The number of amides is 1. The van der Waals surface area contributed by atoms with Crippen LogP contribution in [0.1, 0.15) is 6.42 Å². The van der Waals surface area contributed by atoms with Gasteiger partial charge in [0.2, 0.25) is 5.91 Å². The molecule has 0 radical (unpaired) electrons. The van der Waals surface area contributed by atoms with Gasteiger partial charge in [0.1, 0.15) is 5.75 Å². The topological polar surface area (TPSA) is 75.3 Å². The lowest BCUT2D eigenvalue weighted by Crippen LogP contribution is -2.32. The van der Waals surface area contributed by atoms with Gasteiger partial charge in [-0.1, -0.05) is 11.6 Å². The van der Waals surface area contributed by atoms with Crippen molar-refractivity contribution in [3.63, 3.8) is 0 Å². The summed E-state index contributed by atoms with van der Waals surface area (Å²) in [5.74, 6) is -1.04. The third-order valence-electron chi connectivity index (χ3n) is 2.42. The van der Waals surface area contributed by atoms with Crippen molar-refractivity contribution in [2.24, 2.45) is 0 Å². The number of sulfone groups is 1. The smallest absolute Gasteiger partial charge is 0.235 e. The molecule has 1 amide bonds. The number of hydrogen-bond donors (Lipinski definition) is 2. The van der Waals surface area contributed by atoms with Gasteiger partial charge < -0.3 is 10.6 Å². The van der Waals surface area contributed by atoms with Crippen LogP contribution in [-0.2, 0) is 14.6 Å². The molecule has 0 unspecified atom stereocenters. The van der Waals surface area contributed by atoms with Crippen molar-refractivity contribution in [1.82, 2.24) is 10.6 Å². The van der Waals surface area contributed by atoms with Crippen LogP contribution in [0.25, 0.3) is 0 Å². The fourth-order valence-corrected chi connectivity index (χ4v) is 2.73. The molecular weight excluding hydrogens is 323 g/mol. The number of benzene rings is 1. The second kappa shape index (κ2) is 9.18. The first-order valence-corrected chi connectivity index (χ1v) is 7.88. The Bertz CT molecular complexity index is 518. The molecule has 20 heavy (non-hydrogen) atoms. The van der Waals surface area contributed by atoms with Gasteiger partial charge >= 0.3 is 0 Å². The summed E-state index contributed by atoms with van der Waals surface area (Å²) in [6.07, 6.45) is 0.753. The molecule has 0 fully saturated rings. The molecule has 1 aromatic carbocycles. The molecule has 8 heteroatoms. The fraction of sp³-hybridized carbons (Fsp3) is 0.417. The average Bonchev–Trinajstić information content (AvgIpc) is 2.34. The van der Waals surface area contributed by atoms with E-state index in [1.807, 2.05) is 7.05 Å². The molecule has 0 aromatic heterocycles. The number of carbonyl (C=O) groups is 1. The van der Waals surface area contributed by atoms with Crippen LogP contribution in [-0.4, -0.2) is 40.2 Å². The van der Waals surface area contributed by atoms with Crippen LogP contribution in [0.15, 0.2) is 29.2 Å². The molecule has 0 aliphatic rings. The van der Waals surface area contributed by atoms with Gasteiger partial charge in [-0.15, -0.1) is 12.4 Å². The van der Waals surface area contributed by atoms with Crippen LogP contribution >= 0.6 is 24.0 Å². The van der Waals surface area contributed by atoms with E-state index in [1.165, 1.54) is 24.3 Å². The summed E-state index contributed by atoms with van der Waals surface area (Å²) < 4.78 is 23.9. The molecule has 0 aliphatic carbocycles. The highest BCUT2D eigenvalue weighted by Gasteiger charge is 2.18. The molecule has 5 nitrogen and oxygen atoms in total. The normalized spacial score (nSPS) is 10.7. The van der Waals surface area contributed by atoms with Crippen LogP contribution in [0.3, 0.4) is 0 Å². The van der Waals surface area contributed by atoms with Crippen LogP contribution in [0, 0.1) is 0 Å². The third kappa shape index (κ3) is 6.56. The molecule has 0 bridgehead atoms. The predicted octanol–water partition coefficient (Wildman–Crippen LogP) is 1.26. The second-order valence-electron chi connectivity index (χ2n) is 4.02. The summed E-state index contributed by atoms with van der Waals surface area (Å²) in [5.41, 5.74) is 0. The van der Waals surface area contributed by atoms with Crippen molar-refractivity contribution in [1.29, 1.82) is 0 Å². The molecule has 0 spiro atoms. The summed E-state index contributed by atoms with van der Waals surface area (Å²) in [4.78, 5) is 11.6. The van der Waals surface area contributed by atoms with Crippen molar-refractivity contribution >= 4 is 39.8 Å². The standard InChI is InChI=1S/C12H17ClN2O3S.ClH/c1-14-7-2-8-15-12(16)9-19(17,18)11-5-3-10(13)4-6-11;/h3-6,14H,2,7-9H2,1H3,(H,15,16);1H. The zero-order valence-corrected chi connectivity index (χ0v) is 13.4. The van der Waals surface area contributed by atoms with E-state index in [9.17, 15) is 13.2 Å². The lowest BCUT2D eigenvalue weighted by atomic mass is 10.4. The van der Waals surface area contributed by atoms with Crippen LogP contribution in [0.2, 0.25) is 5.02 Å². The van der Waals surface area contributed by atoms with Gasteiger partial charge in [0.25, 0.3) is 0 Å². The lowest BCUT2D eigenvalue weighted by Gasteiger charge is -2.06. The van der Waals surface area contributed by atoms with Gasteiger partial charge in [0.05, 0.1) is 4.90 Å². The SMILES string of the molecule is CNCCCNC(=O)CS(=O)(=O)c1ccc(Cl)cc1.Cl. The van der Waals surface area contributed by atoms with Crippen molar-refractivity contribution in [2.45, 2.75) is 11.3 Å². The van der Waals surface area contributed by atoms with E-state index in [0.29, 0.717) is 11.6 Å². The van der Waals surface area contributed by atoms with E-state index in [-0.39, 0.29) is 17.3 Å². The third-order valence-corrected chi connectivity index (χ3v) is 4.30. The molecule has 114 valence electrons. The van der Waals surface area contributed by atoms with Crippen molar-refractivity contribution in [3.8, 4) is 0 Å². The lowest BCUT2D eigenvalue weighted by molar-refractivity contribution is -0.118. The number of carbonyl (C=O) groups excluding carboxylic acids is 1. The molecule has 0 atom stereocenters. The van der Waals surface area contributed by atoms with Gasteiger partial charge in [0.15, 0.2) is 9.84 Å². The number of halogens is 2. The minimum Gasteiger partial charge on any atom is -0.355 e. The Morgan fingerprint density at radius 3 is 2.35 bits per heavy atom. The highest BCUT2D eigenvalue weighted by Crippen LogP contribution is 2.15. The van der Waals surface area contributed by atoms with Gasteiger partial charge in [-0.2, -0.15) is 0 Å². The molecule has 0 saturated heterocycles. The minimum absolute atomic E-state index is 0. The van der Waals surface area contributed by atoms with Crippen LogP contribution in [0.4, 0.5) is 0 Å². The van der Waals surface area contributed by atoms with E-state index in [0.717, 1.165) is 13.0 Å².